The fraction of sp³-hybridized carbons (Fsp3) is 0.278. The molecular weight excluding hydrogens is 331 g/mol. The van der Waals surface area contributed by atoms with Crippen LogP contribution in [0.4, 0.5) is 4.39 Å². The number of nitrogens with two attached hydrogens (primary N) is 1. The second-order valence-electron chi connectivity index (χ2n) is 5.50. The van der Waals surface area contributed by atoms with E-state index in [1.165, 1.54) is 12.1 Å². The highest BCUT2D eigenvalue weighted by Crippen LogP contribution is 2.20. The van der Waals surface area contributed by atoms with Crippen molar-refractivity contribution in [2.75, 3.05) is 20.2 Å². The number of benzene rings is 2. The lowest BCUT2D eigenvalue weighted by atomic mass is 10.0. The minimum Gasteiger partial charge on any atom is -0.493 e. The molecule has 2 rings (SSSR count). The van der Waals surface area contributed by atoms with Gasteiger partial charge in [-0.25, -0.2) is 4.39 Å². The third kappa shape index (κ3) is 5.22. The van der Waals surface area contributed by atoms with E-state index in [1.807, 2.05) is 17.0 Å². The summed E-state index contributed by atoms with van der Waals surface area (Å²) in [7, 11) is 1.80. The molecule has 0 spiro atoms. The number of hydrogen-bond donors (Lipinski definition) is 1. The van der Waals surface area contributed by atoms with Gasteiger partial charge in [0.15, 0.2) is 0 Å². The Bertz CT molecular complexity index is 679. The van der Waals surface area contributed by atoms with Gasteiger partial charge in [-0.3, -0.25) is 9.69 Å². The van der Waals surface area contributed by atoms with E-state index in [1.54, 1.807) is 31.3 Å². The van der Waals surface area contributed by atoms with Crippen LogP contribution in [-0.4, -0.2) is 31.0 Å². The second kappa shape index (κ2) is 8.66. The van der Waals surface area contributed by atoms with Crippen LogP contribution >= 0.6 is 11.6 Å². The molecule has 4 nitrogen and oxygen atoms in total. The van der Waals surface area contributed by atoms with Gasteiger partial charge in [0, 0.05) is 11.6 Å². The smallest absolute Gasteiger partial charge is 0.239 e. The van der Waals surface area contributed by atoms with Crippen molar-refractivity contribution in [1.29, 1.82) is 0 Å². The molecule has 0 aliphatic rings. The first-order valence-electron chi connectivity index (χ1n) is 7.61. The maximum absolute atomic E-state index is 13.0. The van der Waals surface area contributed by atoms with Gasteiger partial charge in [-0.1, -0.05) is 29.8 Å². The maximum Gasteiger partial charge on any atom is 0.239 e. The molecule has 0 radical (unpaired) electrons. The Kier molecular flexibility index (Phi) is 6.58. The zero-order valence-electron chi connectivity index (χ0n) is 13.4. The second-order valence-corrected chi connectivity index (χ2v) is 5.93. The number of rotatable bonds is 8. The number of primary amides is 1. The molecule has 0 aliphatic heterocycles. The summed E-state index contributed by atoms with van der Waals surface area (Å²) in [6, 6.07) is 12.4. The van der Waals surface area contributed by atoms with Crippen LogP contribution in [0.25, 0.3) is 0 Å². The summed E-state index contributed by atoms with van der Waals surface area (Å²) >= 11 is 5.90. The standard InChI is InChI=1S/C18H20ClFN2O2/c1-22(10-3-11-24-16-5-2-4-14(19)12-16)17(18(21)23)13-6-8-15(20)9-7-13/h2,4-9,12,17H,3,10-11H2,1H3,(H2,21,23). The molecular formula is C18H20ClFN2O2. The number of likely N-dealkylation sites (N-methyl/N-ethyl adjacent to an activating group) is 1. The molecule has 0 saturated heterocycles. The number of amides is 1. The summed E-state index contributed by atoms with van der Waals surface area (Å²) in [5.74, 6) is -0.116. The molecule has 1 unspecified atom stereocenters. The van der Waals surface area contributed by atoms with Crippen LogP contribution in [0.2, 0.25) is 5.02 Å². The molecule has 0 fully saturated rings. The fourth-order valence-corrected chi connectivity index (χ4v) is 2.65. The molecule has 2 N–H and O–H groups in total. The molecule has 1 atom stereocenters. The summed E-state index contributed by atoms with van der Waals surface area (Å²) in [4.78, 5) is 13.6. The Hall–Kier alpha value is -2.11. The number of carbonyl (C=O) groups excluding carboxylic acids is 1. The third-order valence-corrected chi connectivity index (χ3v) is 3.85. The topological polar surface area (TPSA) is 55.6 Å². The van der Waals surface area contributed by atoms with Gasteiger partial charge in [-0.2, -0.15) is 0 Å². The van der Waals surface area contributed by atoms with E-state index < -0.39 is 11.9 Å². The SMILES string of the molecule is CN(CCCOc1cccc(Cl)c1)C(C(N)=O)c1ccc(F)cc1. The van der Waals surface area contributed by atoms with E-state index in [9.17, 15) is 9.18 Å². The van der Waals surface area contributed by atoms with Gasteiger partial charge in [0.2, 0.25) is 5.91 Å². The summed E-state index contributed by atoms with van der Waals surface area (Å²) in [6.45, 7) is 1.09. The van der Waals surface area contributed by atoms with Gasteiger partial charge in [0.1, 0.15) is 17.6 Å². The van der Waals surface area contributed by atoms with Crippen LogP contribution in [0.1, 0.15) is 18.0 Å². The molecule has 0 bridgehead atoms. The van der Waals surface area contributed by atoms with Gasteiger partial charge in [0.25, 0.3) is 0 Å². The van der Waals surface area contributed by atoms with Crippen molar-refractivity contribution in [2.45, 2.75) is 12.5 Å². The van der Waals surface area contributed by atoms with E-state index in [2.05, 4.69) is 0 Å². The first kappa shape index (κ1) is 18.2. The van der Waals surface area contributed by atoms with Gasteiger partial charge >= 0.3 is 0 Å². The van der Waals surface area contributed by atoms with Crippen molar-refractivity contribution in [3.05, 3.63) is 64.9 Å². The van der Waals surface area contributed by atoms with Crippen molar-refractivity contribution in [1.82, 2.24) is 4.90 Å². The lowest BCUT2D eigenvalue weighted by Gasteiger charge is -2.25. The zero-order chi connectivity index (χ0) is 17.5. The molecule has 2 aromatic carbocycles. The van der Waals surface area contributed by atoms with Crippen molar-refractivity contribution in [3.8, 4) is 5.75 Å². The van der Waals surface area contributed by atoms with Crippen LogP contribution in [0.15, 0.2) is 48.5 Å². The fourth-order valence-electron chi connectivity index (χ4n) is 2.47. The van der Waals surface area contributed by atoms with Crippen LogP contribution in [0.5, 0.6) is 5.75 Å². The summed E-state index contributed by atoms with van der Waals surface area (Å²) < 4.78 is 18.7. The van der Waals surface area contributed by atoms with Crippen LogP contribution in [0, 0.1) is 5.82 Å². The molecule has 0 aromatic heterocycles. The summed E-state index contributed by atoms with van der Waals surface area (Å²) in [5.41, 5.74) is 6.17. The predicted octanol–water partition coefficient (Wildman–Crippen LogP) is 3.41. The minimum absolute atomic E-state index is 0.348. The van der Waals surface area contributed by atoms with Crippen LogP contribution < -0.4 is 10.5 Å². The Labute approximate surface area is 146 Å². The number of hydrogen-bond acceptors (Lipinski definition) is 3. The number of ether oxygens (including phenoxy) is 1. The molecule has 0 saturated carbocycles. The molecule has 6 heteroatoms. The summed E-state index contributed by atoms with van der Waals surface area (Å²) in [6.07, 6.45) is 0.702. The van der Waals surface area contributed by atoms with Gasteiger partial charge in [-0.15, -0.1) is 0 Å². The monoisotopic (exact) mass is 350 g/mol. The molecule has 128 valence electrons. The van der Waals surface area contributed by atoms with Crippen molar-refractivity contribution in [2.24, 2.45) is 5.73 Å². The van der Waals surface area contributed by atoms with E-state index in [0.29, 0.717) is 35.9 Å². The zero-order valence-corrected chi connectivity index (χ0v) is 14.2. The Morgan fingerprint density at radius 2 is 2.00 bits per heavy atom. The number of carbonyl (C=O) groups is 1. The van der Waals surface area contributed by atoms with Crippen LogP contribution in [0.3, 0.4) is 0 Å². The molecule has 24 heavy (non-hydrogen) atoms. The van der Waals surface area contributed by atoms with Gasteiger partial charge < -0.3 is 10.5 Å². The first-order chi connectivity index (χ1) is 11.5. The van der Waals surface area contributed by atoms with Crippen molar-refractivity contribution >= 4 is 17.5 Å². The lowest BCUT2D eigenvalue weighted by Crippen LogP contribution is -2.36. The van der Waals surface area contributed by atoms with Gasteiger partial charge in [-0.05, 0) is 49.4 Å². The van der Waals surface area contributed by atoms with E-state index in [4.69, 9.17) is 22.1 Å². The Balaban J connectivity index is 1.88. The Morgan fingerprint density at radius 1 is 1.29 bits per heavy atom. The third-order valence-electron chi connectivity index (χ3n) is 3.62. The maximum atomic E-state index is 13.0. The molecule has 0 heterocycles. The predicted molar refractivity (Wildman–Crippen MR) is 92.5 cm³/mol. The highest BCUT2D eigenvalue weighted by Gasteiger charge is 2.22. The van der Waals surface area contributed by atoms with Crippen molar-refractivity contribution < 1.29 is 13.9 Å². The molecule has 2 aromatic rings. The average Bonchev–Trinajstić information content (AvgIpc) is 2.53. The lowest BCUT2D eigenvalue weighted by molar-refractivity contribution is -0.123. The quantitative estimate of drug-likeness (QED) is 0.742. The summed E-state index contributed by atoms with van der Waals surface area (Å²) in [5, 5.41) is 0.620. The normalized spacial score (nSPS) is 12.2. The highest BCUT2D eigenvalue weighted by molar-refractivity contribution is 6.30. The highest BCUT2D eigenvalue weighted by atomic mass is 35.5. The number of halogens is 2. The molecule has 1 amide bonds. The average molecular weight is 351 g/mol. The first-order valence-corrected chi connectivity index (χ1v) is 7.98. The minimum atomic E-state index is -0.600. The van der Waals surface area contributed by atoms with E-state index in [0.717, 1.165) is 0 Å². The van der Waals surface area contributed by atoms with Crippen molar-refractivity contribution in [3.63, 3.8) is 0 Å². The van der Waals surface area contributed by atoms with E-state index >= 15 is 0 Å². The number of nitrogens with zero attached hydrogens (tertiary/aromatic N) is 1. The van der Waals surface area contributed by atoms with E-state index in [-0.39, 0.29) is 5.82 Å². The van der Waals surface area contributed by atoms with Crippen LogP contribution in [-0.2, 0) is 4.79 Å². The molecule has 0 aliphatic carbocycles. The largest absolute Gasteiger partial charge is 0.493 e. The van der Waals surface area contributed by atoms with Gasteiger partial charge in [0.05, 0.1) is 6.61 Å². The Morgan fingerprint density at radius 3 is 2.62 bits per heavy atom.